The van der Waals surface area contributed by atoms with Crippen LogP contribution in [0.3, 0.4) is 0 Å². The monoisotopic (exact) mass is 300 g/mol. The zero-order valence-corrected chi connectivity index (χ0v) is 12.1. The summed E-state index contributed by atoms with van der Waals surface area (Å²) < 4.78 is 0. The Morgan fingerprint density at radius 1 is 0.957 bits per heavy atom. The van der Waals surface area contributed by atoms with Crippen LogP contribution in [0.4, 0.5) is 5.69 Å². The third kappa shape index (κ3) is 2.94. The summed E-state index contributed by atoms with van der Waals surface area (Å²) in [7, 11) is 0. The predicted octanol–water partition coefficient (Wildman–Crippen LogP) is 4.79. The molecule has 3 aromatic carbocycles. The highest BCUT2D eigenvalue weighted by molar-refractivity contribution is 5.86. The molecule has 110 valence electrons. The van der Waals surface area contributed by atoms with Gasteiger partial charge in [-0.15, -0.1) is 0 Å². The van der Waals surface area contributed by atoms with Crippen molar-refractivity contribution in [2.45, 2.75) is 0 Å². The van der Waals surface area contributed by atoms with E-state index in [-0.39, 0.29) is 11.3 Å². The van der Waals surface area contributed by atoms with Gasteiger partial charge in [-0.3, -0.25) is 10.1 Å². The van der Waals surface area contributed by atoms with E-state index in [1.807, 2.05) is 54.6 Å². The minimum Gasteiger partial charge on any atom is -0.258 e. The van der Waals surface area contributed by atoms with E-state index in [1.54, 1.807) is 18.2 Å². The SMILES string of the molecule is N#Cc1c(/C=C\c2ccc3ccccc3c2)cccc1[N+](=O)[O-]. The summed E-state index contributed by atoms with van der Waals surface area (Å²) in [4.78, 5) is 10.4. The van der Waals surface area contributed by atoms with Crippen LogP contribution in [0.15, 0.2) is 60.7 Å². The Bertz CT molecular complexity index is 969. The molecule has 3 rings (SSSR count). The van der Waals surface area contributed by atoms with Crippen LogP contribution < -0.4 is 0 Å². The zero-order chi connectivity index (χ0) is 16.2. The molecule has 0 aliphatic carbocycles. The number of fused-ring (bicyclic) bond motifs is 1. The van der Waals surface area contributed by atoms with Gasteiger partial charge in [0.15, 0.2) is 0 Å². The summed E-state index contributed by atoms with van der Waals surface area (Å²) in [6, 6.07) is 20.6. The average Bonchev–Trinajstić information content (AvgIpc) is 2.59. The molecule has 0 bridgehead atoms. The van der Waals surface area contributed by atoms with Gasteiger partial charge in [-0.1, -0.05) is 60.7 Å². The molecule has 0 saturated heterocycles. The van der Waals surface area contributed by atoms with Crippen LogP contribution in [0.25, 0.3) is 22.9 Å². The second-order valence-electron chi connectivity index (χ2n) is 5.05. The van der Waals surface area contributed by atoms with Crippen LogP contribution in [-0.2, 0) is 0 Å². The Kier molecular flexibility index (Phi) is 3.86. The van der Waals surface area contributed by atoms with E-state index in [9.17, 15) is 15.4 Å². The normalized spacial score (nSPS) is 10.7. The first-order valence-electron chi connectivity index (χ1n) is 7.03. The quantitative estimate of drug-likeness (QED) is 0.397. The lowest BCUT2D eigenvalue weighted by molar-refractivity contribution is -0.385. The summed E-state index contributed by atoms with van der Waals surface area (Å²) in [5.74, 6) is 0. The highest BCUT2D eigenvalue weighted by Crippen LogP contribution is 2.23. The second kappa shape index (κ2) is 6.12. The molecule has 23 heavy (non-hydrogen) atoms. The first kappa shape index (κ1) is 14.5. The predicted molar refractivity (Wildman–Crippen MR) is 90.7 cm³/mol. The van der Waals surface area contributed by atoms with Crippen molar-refractivity contribution in [3.63, 3.8) is 0 Å². The van der Waals surface area contributed by atoms with Gasteiger partial charge in [0, 0.05) is 6.07 Å². The summed E-state index contributed by atoms with van der Waals surface area (Å²) in [5, 5.41) is 22.5. The average molecular weight is 300 g/mol. The van der Waals surface area contributed by atoms with Gasteiger partial charge in [-0.05, 0) is 28.0 Å². The molecule has 0 amide bonds. The van der Waals surface area contributed by atoms with Crippen molar-refractivity contribution in [2.24, 2.45) is 0 Å². The molecule has 0 radical (unpaired) electrons. The lowest BCUT2D eigenvalue weighted by Gasteiger charge is -2.01. The minimum absolute atomic E-state index is 0.0783. The number of hydrogen-bond acceptors (Lipinski definition) is 3. The Balaban J connectivity index is 2.00. The van der Waals surface area contributed by atoms with E-state index < -0.39 is 4.92 Å². The second-order valence-corrected chi connectivity index (χ2v) is 5.05. The summed E-state index contributed by atoms with van der Waals surface area (Å²) >= 11 is 0. The van der Waals surface area contributed by atoms with Crippen molar-refractivity contribution in [1.82, 2.24) is 0 Å². The zero-order valence-electron chi connectivity index (χ0n) is 12.1. The largest absolute Gasteiger partial charge is 0.287 e. The number of benzene rings is 3. The van der Waals surface area contributed by atoms with Gasteiger partial charge >= 0.3 is 0 Å². The summed E-state index contributed by atoms with van der Waals surface area (Å²) in [5.41, 5.74) is 1.41. The lowest BCUT2D eigenvalue weighted by Crippen LogP contribution is -1.94. The van der Waals surface area contributed by atoms with Gasteiger partial charge in [-0.2, -0.15) is 5.26 Å². The van der Waals surface area contributed by atoms with Crippen molar-refractivity contribution in [2.75, 3.05) is 0 Å². The maximum atomic E-state index is 11.0. The molecule has 0 N–H and O–H groups in total. The van der Waals surface area contributed by atoms with Crippen LogP contribution in [-0.4, -0.2) is 4.92 Å². The van der Waals surface area contributed by atoms with E-state index in [4.69, 9.17) is 0 Å². The van der Waals surface area contributed by atoms with Crippen molar-refractivity contribution in [3.05, 3.63) is 87.5 Å². The molecule has 4 nitrogen and oxygen atoms in total. The Morgan fingerprint density at radius 3 is 2.48 bits per heavy atom. The number of nitro benzene ring substituents is 1. The highest BCUT2D eigenvalue weighted by Gasteiger charge is 2.15. The number of nitrogens with zero attached hydrogens (tertiary/aromatic N) is 2. The van der Waals surface area contributed by atoms with E-state index in [0.717, 1.165) is 16.3 Å². The van der Waals surface area contributed by atoms with E-state index >= 15 is 0 Å². The van der Waals surface area contributed by atoms with Crippen LogP contribution in [0.2, 0.25) is 0 Å². The van der Waals surface area contributed by atoms with Crippen molar-refractivity contribution < 1.29 is 4.92 Å². The molecule has 0 aliphatic heterocycles. The fraction of sp³-hybridized carbons (Fsp3) is 0. The maximum Gasteiger partial charge on any atom is 0.287 e. The summed E-state index contributed by atoms with van der Waals surface area (Å²) in [6.07, 6.45) is 3.59. The Labute approximate surface area is 133 Å². The first-order valence-corrected chi connectivity index (χ1v) is 7.03. The first-order chi connectivity index (χ1) is 11.2. The van der Waals surface area contributed by atoms with Gasteiger partial charge in [-0.25, -0.2) is 0 Å². The lowest BCUT2D eigenvalue weighted by atomic mass is 10.0. The molecule has 0 fully saturated rings. The fourth-order valence-corrected chi connectivity index (χ4v) is 2.47. The third-order valence-corrected chi connectivity index (χ3v) is 3.61. The minimum atomic E-state index is -0.536. The number of nitriles is 1. The number of nitro groups is 1. The topological polar surface area (TPSA) is 66.9 Å². The molecular weight excluding hydrogens is 288 g/mol. The van der Waals surface area contributed by atoms with Gasteiger partial charge in [0.05, 0.1) is 4.92 Å². The molecule has 0 aliphatic rings. The fourth-order valence-electron chi connectivity index (χ4n) is 2.47. The highest BCUT2D eigenvalue weighted by atomic mass is 16.6. The maximum absolute atomic E-state index is 11.0. The smallest absolute Gasteiger partial charge is 0.258 e. The molecule has 4 heteroatoms. The standard InChI is InChI=1S/C19H12N2O2/c20-13-18-16(6-3-7-19(18)21(22)23)11-9-14-8-10-15-4-1-2-5-17(15)12-14/h1-12H/b11-9-. The Morgan fingerprint density at radius 2 is 1.74 bits per heavy atom. The molecule has 0 aromatic heterocycles. The van der Waals surface area contributed by atoms with Crippen LogP contribution in [0.5, 0.6) is 0 Å². The molecule has 0 heterocycles. The van der Waals surface area contributed by atoms with E-state index in [0.29, 0.717) is 5.56 Å². The van der Waals surface area contributed by atoms with Crippen LogP contribution >= 0.6 is 0 Å². The molecule has 0 spiro atoms. The van der Waals surface area contributed by atoms with Crippen molar-refractivity contribution in [1.29, 1.82) is 5.26 Å². The van der Waals surface area contributed by atoms with Gasteiger partial charge < -0.3 is 0 Å². The van der Waals surface area contributed by atoms with Gasteiger partial charge in [0.1, 0.15) is 11.6 Å². The van der Waals surface area contributed by atoms with Crippen molar-refractivity contribution in [3.8, 4) is 6.07 Å². The van der Waals surface area contributed by atoms with Gasteiger partial charge in [0.25, 0.3) is 5.69 Å². The van der Waals surface area contributed by atoms with E-state index in [2.05, 4.69) is 0 Å². The third-order valence-electron chi connectivity index (χ3n) is 3.61. The Hall–Kier alpha value is -3.45. The van der Waals surface area contributed by atoms with Crippen LogP contribution in [0.1, 0.15) is 16.7 Å². The number of hydrogen-bond donors (Lipinski definition) is 0. The molecule has 0 saturated carbocycles. The van der Waals surface area contributed by atoms with Gasteiger partial charge in [0.2, 0.25) is 0 Å². The molecule has 0 unspecified atom stereocenters. The number of rotatable bonds is 3. The van der Waals surface area contributed by atoms with Crippen molar-refractivity contribution >= 4 is 28.6 Å². The molecule has 0 atom stereocenters. The van der Waals surface area contributed by atoms with Crippen LogP contribution in [0, 0.1) is 21.4 Å². The molecule has 3 aromatic rings. The van der Waals surface area contributed by atoms with E-state index in [1.165, 1.54) is 6.07 Å². The summed E-state index contributed by atoms with van der Waals surface area (Å²) in [6.45, 7) is 0. The molecular formula is C19H12N2O2.